The molecule has 218 valence electrons. The largest absolute Gasteiger partial charge is 0.413 e. The molecule has 0 radical (unpaired) electrons. The van der Waals surface area contributed by atoms with Gasteiger partial charge in [-0.25, -0.2) is 0 Å². The molecule has 3 nitrogen and oxygen atoms in total. The first-order chi connectivity index (χ1) is 18.7. The smallest absolute Gasteiger partial charge is 0.261 e. The SMILES string of the molecule is C=C1C(=O)C[C@@H]2CCC[C@@H](O[Si](C)(C)C(C)(C)C)[C@]12CCCO[Si](c1ccccc1)(c1ccccc1)C(C)(C)C. The first-order valence-corrected chi connectivity index (χ1v) is 20.1. The fraction of sp³-hybridized carbons (Fsp3) is 0.571. The Morgan fingerprint density at radius 3 is 1.93 bits per heavy atom. The van der Waals surface area contributed by atoms with Gasteiger partial charge in [0.25, 0.3) is 8.32 Å². The van der Waals surface area contributed by atoms with Crippen molar-refractivity contribution in [2.45, 2.75) is 109 Å². The van der Waals surface area contributed by atoms with Gasteiger partial charge in [0.1, 0.15) is 0 Å². The average Bonchev–Trinajstić information content (AvgIpc) is 3.14. The van der Waals surface area contributed by atoms with Crippen LogP contribution in [0.15, 0.2) is 72.8 Å². The van der Waals surface area contributed by atoms with Crippen molar-refractivity contribution in [1.29, 1.82) is 0 Å². The van der Waals surface area contributed by atoms with Crippen molar-refractivity contribution in [3.05, 3.63) is 72.8 Å². The first-order valence-electron chi connectivity index (χ1n) is 15.3. The third-order valence-electron chi connectivity index (χ3n) is 10.4. The predicted octanol–water partition coefficient (Wildman–Crippen LogP) is 8.05. The molecule has 3 atom stereocenters. The highest BCUT2D eigenvalue weighted by Crippen LogP contribution is 2.58. The molecule has 2 aromatic rings. The Kier molecular flexibility index (Phi) is 8.93. The molecule has 2 saturated carbocycles. The van der Waals surface area contributed by atoms with Gasteiger partial charge in [-0.3, -0.25) is 4.79 Å². The van der Waals surface area contributed by atoms with Gasteiger partial charge >= 0.3 is 0 Å². The summed E-state index contributed by atoms with van der Waals surface area (Å²) >= 11 is 0. The number of hydrogen-bond donors (Lipinski definition) is 0. The Labute approximate surface area is 246 Å². The van der Waals surface area contributed by atoms with E-state index in [1.807, 2.05) is 0 Å². The molecule has 2 aliphatic rings. The molecule has 0 N–H and O–H groups in total. The maximum Gasteiger partial charge on any atom is 0.261 e. The van der Waals surface area contributed by atoms with Crippen LogP contribution in [0.1, 0.15) is 80.1 Å². The van der Waals surface area contributed by atoms with Crippen molar-refractivity contribution in [1.82, 2.24) is 0 Å². The molecular weight excluding hydrogens is 525 g/mol. The quantitative estimate of drug-likeness (QED) is 0.172. The van der Waals surface area contributed by atoms with E-state index < -0.39 is 16.6 Å². The second-order valence-electron chi connectivity index (χ2n) is 14.8. The molecule has 4 rings (SSSR count). The lowest BCUT2D eigenvalue weighted by Crippen LogP contribution is -2.66. The van der Waals surface area contributed by atoms with Gasteiger partial charge in [0.15, 0.2) is 14.1 Å². The molecule has 0 heterocycles. The molecule has 40 heavy (non-hydrogen) atoms. The monoisotopic (exact) mass is 576 g/mol. The minimum absolute atomic E-state index is 0.0533. The summed E-state index contributed by atoms with van der Waals surface area (Å²) in [5.74, 6) is 0.590. The van der Waals surface area contributed by atoms with Crippen molar-refractivity contribution in [2.24, 2.45) is 11.3 Å². The number of rotatable bonds is 9. The van der Waals surface area contributed by atoms with Gasteiger partial charge < -0.3 is 8.85 Å². The molecule has 0 saturated heterocycles. The number of fused-ring (bicyclic) bond motifs is 1. The van der Waals surface area contributed by atoms with E-state index in [0.717, 1.165) is 37.7 Å². The Morgan fingerprint density at radius 1 is 0.875 bits per heavy atom. The highest BCUT2D eigenvalue weighted by Gasteiger charge is 2.58. The molecule has 0 unspecified atom stereocenters. The van der Waals surface area contributed by atoms with Gasteiger partial charge in [-0.15, -0.1) is 0 Å². The maximum absolute atomic E-state index is 13.2. The number of benzene rings is 2. The lowest BCUT2D eigenvalue weighted by Gasteiger charge is -2.51. The zero-order valence-corrected chi connectivity index (χ0v) is 28.3. The number of carbonyl (C=O) groups is 1. The highest BCUT2D eigenvalue weighted by atomic mass is 28.4. The Hall–Kier alpha value is -1.80. The first kappa shape index (κ1) is 31.1. The molecule has 2 aromatic carbocycles. The molecule has 5 heteroatoms. The van der Waals surface area contributed by atoms with Crippen molar-refractivity contribution < 1.29 is 13.6 Å². The lowest BCUT2D eigenvalue weighted by atomic mass is 9.62. The Morgan fingerprint density at radius 2 is 1.43 bits per heavy atom. The van der Waals surface area contributed by atoms with Crippen LogP contribution in [0.25, 0.3) is 0 Å². The summed E-state index contributed by atoms with van der Waals surface area (Å²) in [7, 11) is -4.61. The molecular formula is C35H52O3Si2. The van der Waals surface area contributed by atoms with E-state index in [-0.39, 0.29) is 27.4 Å². The van der Waals surface area contributed by atoms with E-state index in [9.17, 15) is 4.79 Å². The van der Waals surface area contributed by atoms with Crippen LogP contribution in [-0.2, 0) is 13.6 Å². The summed E-state index contributed by atoms with van der Waals surface area (Å²) in [6.07, 6.45) is 5.74. The van der Waals surface area contributed by atoms with Crippen LogP contribution in [0.4, 0.5) is 0 Å². The van der Waals surface area contributed by atoms with Crippen LogP contribution in [0.3, 0.4) is 0 Å². The van der Waals surface area contributed by atoms with Crippen LogP contribution < -0.4 is 10.4 Å². The fourth-order valence-electron chi connectivity index (χ4n) is 7.22. The van der Waals surface area contributed by atoms with Gasteiger partial charge in [0, 0.05) is 18.4 Å². The van der Waals surface area contributed by atoms with Gasteiger partial charge in [-0.2, -0.15) is 0 Å². The van der Waals surface area contributed by atoms with Crippen LogP contribution >= 0.6 is 0 Å². The molecule has 2 aliphatic carbocycles. The second-order valence-corrected chi connectivity index (χ2v) is 23.8. The van der Waals surface area contributed by atoms with E-state index in [1.54, 1.807) is 0 Å². The average molecular weight is 577 g/mol. The molecule has 0 aromatic heterocycles. The zero-order chi connectivity index (χ0) is 29.4. The molecule has 0 aliphatic heterocycles. The summed E-state index contributed by atoms with van der Waals surface area (Å²) in [6.45, 7) is 23.7. The van der Waals surface area contributed by atoms with E-state index in [4.69, 9.17) is 8.85 Å². The molecule has 0 spiro atoms. The molecule has 0 bridgehead atoms. The third-order valence-corrected chi connectivity index (χ3v) is 19.9. The number of carbonyl (C=O) groups excluding carboxylic acids is 1. The van der Waals surface area contributed by atoms with E-state index >= 15 is 0 Å². The lowest BCUT2D eigenvalue weighted by molar-refractivity contribution is -0.114. The van der Waals surface area contributed by atoms with Gasteiger partial charge in [-0.05, 0) is 70.7 Å². The zero-order valence-electron chi connectivity index (χ0n) is 26.3. The van der Waals surface area contributed by atoms with E-state index in [0.29, 0.717) is 18.9 Å². The Bertz CT molecular complexity index is 1140. The highest BCUT2D eigenvalue weighted by molar-refractivity contribution is 6.99. The van der Waals surface area contributed by atoms with Crippen molar-refractivity contribution in [3.8, 4) is 0 Å². The minimum atomic E-state index is -2.60. The topological polar surface area (TPSA) is 35.5 Å². The summed E-state index contributed by atoms with van der Waals surface area (Å²) in [6, 6.07) is 21.7. The number of hydrogen-bond acceptors (Lipinski definition) is 3. The maximum atomic E-state index is 13.2. The normalized spacial score (nSPS) is 24.3. The van der Waals surface area contributed by atoms with E-state index in [1.165, 1.54) is 10.4 Å². The van der Waals surface area contributed by atoms with Crippen LogP contribution in [0, 0.1) is 11.3 Å². The fourth-order valence-corrected chi connectivity index (χ4v) is 13.2. The summed E-state index contributed by atoms with van der Waals surface area (Å²) < 4.78 is 14.4. The molecule has 2 fully saturated rings. The summed E-state index contributed by atoms with van der Waals surface area (Å²) in [4.78, 5) is 13.2. The van der Waals surface area contributed by atoms with E-state index in [2.05, 4.69) is 122 Å². The minimum Gasteiger partial charge on any atom is -0.413 e. The van der Waals surface area contributed by atoms with Crippen molar-refractivity contribution in [2.75, 3.05) is 6.61 Å². The predicted molar refractivity (Wildman–Crippen MR) is 173 cm³/mol. The third kappa shape index (κ3) is 5.51. The molecule has 0 amide bonds. The van der Waals surface area contributed by atoms with Gasteiger partial charge in [0.2, 0.25) is 0 Å². The Balaban J connectivity index is 1.64. The van der Waals surface area contributed by atoms with Crippen LogP contribution in [0.5, 0.6) is 0 Å². The van der Waals surface area contributed by atoms with Crippen LogP contribution in [0.2, 0.25) is 23.2 Å². The second kappa shape index (κ2) is 11.5. The van der Waals surface area contributed by atoms with Gasteiger partial charge in [0.05, 0.1) is 6.10 Å². The standard InChI is InChI=1S/C35H52O3Si2/c1-27-31(36)26-28-18-16-23-32(38-39(8,9)33(2,3)4)35(27,28)24-17-25-37-40(34(5,6)7,29-19-12-10-13-20-29)30-21-14-11-15-22-30/h10-15,19-22,28,32H,1,16-18,23-26H2,2-9H3/t28-,32+,35+/m0/s1. The van der Waals surface area contributed by atoms with Crippen molar-refractivity contribution in [3.63, 3.8) is 0 Å². The number of Topliss-reactive ketones (excluding diaryl/α,β-unsaturated/α-hetero) is 1. The van der Waals surface area contributed by atoms with Crippen LogP contribution in [-0.4, -0.2) is 35.1 Å². The number of ketones is 1. The van der Waals surface area contributed by atoms with Gasteiger partial charge in [-0.1, -0.05) is 115 Å². The summed E-state index contributed by atoms with van der Waals surface area (Å²) in [5.41, 5.74) is 0.561. The van der Waals surface area contributed by atoms with Crippen molar-refractivity contribution >= 4 is 32.8 Å². The summed E-state index contributed by atoms with van der Waals surface area (Å²) in [5, 5.41) is 2.68.